The van der Waals surface area contributed by atoms with Crippen LogP contribution in [0.4, 0.5) is 5.82 Å². The Morgan fingerprint density at radius 1 is 1.15 bits per heavy atom. The maximum Gasteiger partial charge on any atom is 0.225 e. The molecule has 0 spiro atoms. The molecular weight excluding hydrogens is 322 g/mol. The average Bonchev–Trinajstić information content (AvgIpc) is 2.86. The van der Waals surface area contributed by atoms with Crippen LogP contribution in [-0.2, 0) is 24.2 Å². The van der Waals surface area contributed by atoms with Crippen LogP contribution >= 0.6 is 0 Å². The number of pyridine rings is 1. The summed E-state index contributed by atoms with van der Waals surface area (Å²) >= 11 is 0. The Kier molecular flexibility index (Phi) is 6.40. The second-order valence-electron chi connectivity index (χ2n) is 6.66. The van der Waals surface area contributed by atoms with Gasteiger partial charge in [0.25, 0.3) is 0 Å². The van der Waals surface area contributed by atoms with Gasteiger partial charge in [-0.15, -0.1) is 12.3 Å². The van der Waals surface area contributed by atoms with Crippen molar-refractivity contribution in [2.75, 3.05) is 18.4 Å². The summed E-state index contributed by atoms with van der Waals surface area (Å²) in [5, 5.41) is 2.95. The highest BCUT2D eigenvalue weighted by molar-refractivity contribution is 5.90. The first-order valence-electron chi connectivity index (χ1n) is 9.22. The lowest BCUT2D eigenvalue weighted by Crippen LogP contribution is -2.27. The van der Waals surface area contributed by atoms with Crippen LogP contribution in [0.15, 0.2) is 42.6 Å². The number of carbonyl (C=O) groups excluding carboxylic acids is 1. The predicted molar refractivity (Wildman–Crippen MR) is 105 cm³/mol. The standard InChI is InChI=1S/C22H25N3O/c1-2-3-4-11-21(26)24-22-20(10-7-14-23-22)17-25-15-12-18-8-5-6-9-19(18)13-16-25/h1,5-10,14H,3-4,11-13,15-17H2,(H,23,24,26). The second-order valence-corrected chi connectivity index (χ2v) is 6.66. The molecule has 2 heterocycles. The number of amides is 1. The minimum Gasteiger partial charge on any atom is -0.310 e. The Bertz CT molecular complexity index is 767. The van der Waals surface area contributed by atoms with E-state index in [2.05, 4.69) is 45.4 Å². The van der Waals surface area contributed by atoms with Crippen molar-refractivity contribution in [2.24, 2.45) is 0 Å². The highest BCUT2D eigenvalue weighted by Crippen LogP contribution is 2.19. The van der Waals surface area contributed by atoms with E-state index in [0.29, 0.717) is 25.1 Å². The molecule has 134 valence electrons. The van der Waals surface area contributed by atoms with E-state index >= 15 is 0 Å². The number of carbonyl (C=O) groups is 1. The van der Waals surface area contributed by atoms with Gasteiger partial charge in [-0.05, 0) is 36.5 Å². The van der Waals surface area contributed by atoms with E-state index in [0.717, 1.165) is 38.0 Å². The topological polar surface area (TPSA) is 45.2 Å². The van der Waals surface area contributed by atoms with Crippen molar-refractivity contribution in [1.29, 1.82) is 0 Å². The molecule has 1 aliphatic heterocycles. The van der Waals surface area contributed by atoms with Gasteiger partial charge in [-0.3, -0.25) is 9.69 Å². The monoisotopic (exact) mass is 347 g/mol. The molecule has 0 atom stereocenters. The Hall–Kier alpha value is -2.64. The Morgan fingerprint density at radius 3 is 2.58 bits per heavy atom. The SMILES string of the molecule is C#CCCCC(=O)Nc1ncccc1CN1CCc2ccccc2CC1. The van der Waals surface area contributed by atoms with E-state index in [4.69, 9.17) is 6.42 Å². The highest BCUT2D eigenvalue weighted by Gasteiger charge is 2.16. The van der Waals surface area contributed by atoms with Gasteiger partial charge in [0.05, 0.1) is 0 Å². The number of rotatable bonds is 6. The summed E-state index contributed by atoms with van der Waals surface area (Å²) in [7, 11) is 0. The van der Waals surface area contributed by atoms with Crippen LogP contribution < -0.4 is 5.32 Å². The molecule has 0 fully saturated rings. The van der Waals surface area contributed by atoms with E-state index < -0.39 is 0 Å². The summed E-state index contributed by atoms with van der Waals surface area (Å²) < 4.78 is 0. The molecule has 2 aromatic rings. The summed E-state index contributed by atoms with van der Waals surface area (Å²) in [5.41, 5.74) is 3.95. The molecule has 0 aliphatic carbocycles. The van der Waals surface area contributed by atoms with Crippen LogP contribution in [0.3, 0.4) is 0 Å². The lowest BCUT2D eigenvalue weighted by Gasteiger charge is -2.21. The van der Waals surface area contributed by atoms with Crippen LogP contribution in [0, 0.1) is 12.3 Å². The van der Waals surface area contributed by atoms with E-state index in [1.165, 1.54) is 11.1 Å². The zero-order chi connectivity index (χ0) is 18.2. The molecule has 0 unspecified atom stereocenters. The number of nitrogens with zero attached hydrogens (tertiary/aromatic N) is 2. The van der Waals surface area contributed by atoms with Crippen LogP contribution in [0.5, 0.6) is 0 Å². The normalized spacial score (nSPS) is 14.1. The molecule has 26 heavy (non-hydrogen) atoms. The van der Waals surface area contributed by atoms with Gasteiger partial charge in [0.1, 0.15) is 5.82 Å². The number of nitrogens with one attached hydrogen (secondary N) is 1. The van der Waals surface area contributed by atoms with Gasteiger partial charge in [0, 0.05) is 44.2 Å². The van der Waals surface area contributed by atoms with Crippen LogP contribution in [-0.4, -0.2) is 28.9 Å². The smallest absolute Gasteiger partial charge is 0.225 e. The second kappa shape index (κ2) is 9.17. The molecule has 1 N–H and O–H groups in total. The fraction of sp³-hybridized carbons (Fsp3) is 0.364. The molecule has 1 amide bonds. The summed E-state index contributed by atoms with van der Waals surface area (Å²) in [6, 6.07) is 12.7. The lowest BCUT2D eigenvalue weighted by atomic mass is 10.0. The van der Waals surface area contributed by atoms with Crippen molar-refractivity contribution in [2.45, 2.75) is 38.6 Å². The van der Waals surface area contributed by atoms with Gasteiger partial charge in [-0.2, -0.15) is 0 Å². The minimum absolute atomic E-state index is 0.0246. The van der Waals surface area contributed by atoms with Crippen molar-refractivity contribution < 1.29 is 4.79 Å². The van der Waals surface area contributed by atoms with Gasteiger partial charge in [0.2, 0.25) is 5.91 Å². The lowest BCUT2D eigenvalue weighted by molar-refractivity contribution is -0.116. The molecule has 0 saturated heterocycles. The summed E-state index contributed by atoms with van der Waals surface area (Å²) in [4.78, 5) is 18.9. The van der Waals surface area contributed by atoms with Crippen molar-refractivity contribution in [3.63, 3.8) is 0 Å². The third-order valence-corrected chi connectivity index (χ3v) is 4.78. The van der Waals surface area contributed by atoms with Crippen LogP contribution in [0.25, 0.3) is 0 Å². The molecule has 0 saturated carbocycles. The molecule has 3 rings (SSSR count). The molecule has 1 aliphatic rings. The predicted octanol–water partition coefficient (Wildman–Crippen LogP) is 3.42. The number of terminal acetylenes is 1. The molecule has 1 aromatic carbocycles. The number of unbranched alkanes of at least 4 members (excludes halogenated alkanes) is 1. The van der Waals surface area contributed by atoms with Crippen molar-refractivity contribution in [3.8, 4) is 12.3 Å². The van der Waals surface area contributed by atoms with Gasteiger partial charge in [-0.25, -0.2) is 4.98 Å². The highest BCUT2D eigenvalue weighted by atomic mass is 16.1. The quantitative estimate of drug-likeness (QED) is 0.643. The Balaban J connectivity index is 1.62. The molecule has 4 nitrogen and oxygen atoms in total. The molecule has 0 bridgehead atoms. The van der Waals surface area contributed by atoms with Gasteiger partial charge in [0.15, 0.2) is 0 Å². The number of aromatic nitrogens is 1. The van der Waals surface area contributed by atoms with Gasteiger partial charge in [-0.1, -0.05) is 30.3 Å². The van der Waals surface area contributed by atoms with E-state index in [-0.39, 0.29) is 5.91 Å². The first-order chi connectivity index (χ1) is 12.8. The molecular formula is C22H25N3O. The third-order valence-electron chi connectivity index (χ3n) is 4.78. The molecule has 1 aromatic heterocycles. The van der Waals surface area contributed by atoms with E-state index in [1.807, 2.05) is 12.1 Å². The number of benzene rings is 1. The molecule has 0 radical (unpaired) electrons. The Labute approximate surface area is 155 Å². The average molecular weight is 347 g/mol. The third kappa shape index (κ3) is 4.93. The summed E-state index contributed by atoms with van der Waals surface area (Å²) in [5.74, 6) is 3.21. The Morgan fingerprint density at radius 2 is 1.88 bits per heavy atom. The number of anilines is 1. The molecule has 4 heteroatoms. The van der Waals surface area contributed by atoms with Crippen molar-refractivity contribution in [1.82, 2.24) is 9.88 Å². The van der Waals surface area contributed by atoms with E-state index in [9.17, 15) is 4.79 Å². The maximum atomic E-state index is 12.1. The fourth-order valence-corrected chi connectivity index (χ4v) is 3.34. The summed E-state index contributed by atoms with van der Waals surface area (Å²) in [6.07, 6.45) is 10.8. The van der Waals surface area contributed by atoms with Gasteiger partial charge >= 0.3 is 0 Å². The first-order valence-corrected chi connectivity index (χ1v) is 9.22. The maximum absolute atomic E-state index is 12.1. The van der Waals surface area contributed by atoms with Crippen molar-refractivity contribution in [3.05, 3.63) is 59.3 Å². The zero-order valence-corrected chi connectivity index (χ0v) is 15.1. The summed E-state index contributed by atoms with van der Waals surface area (Å²) in [6.45, 7) is 2.82. The van der Waals surface area contributed by atoms with Gasteiger partial charge < -0.3 is 5.32 Å². The fourth-order valence-electron chi connectivity index (χ4n) is 3.34. The number of hydrogen-bond donors (Lipinski definition) is 1. The van der Waals surface area contributed by atoms with E-state index in [1.54, 1.807) is 6.20 Å². The van der Waals surface area contributed by atoms with Crippen molar-refractivity contribution >= 4 is 11.7 Å². The largest absolute Gasteiger partial charge is 0.310 e. The zero-order valence-electron chi connectivity index (χ0n) is 15.1. The first kappa shape index (κ1) is 18.2. The minimum atomic E-state index is -0.0246. The number of hydrogen-bond acceptors (Lipinski definition) is 3. The number of fused-ring (bicyclic) bond motifs is 1. The van der Waals surface area contributed by atoms with Crippen LogP contribution in [0.2, 0.25) is 0 Å². The van der Waals surface area contributed by atoms with Crippen LogP contribution in [0.1, 0.15) is 36.0 Å².